The number of amides is 1. The number of amidine groups is 1. The maximum absolute atomic E-state index is 12.5. The molecule has 130 valence electrons. The summed E-state index contributed by atoms with van der Waals surface area (Å²) in [5, 5.41) is 4.95. The molecule has 1 saturated carbocycles. The first-order valence-corrected chi connectivity index (χ1v) is 10.6. The van der Waals surface area contributed by atoms with Crippen LogP contribution in [0.15, 0.2) is 17.0 Å². The summed E-state index contributed by atoms with van der Waals surface area (Å²) < 4.78 is 2.30. The van der Waals surface area contributed by atoms with Crippen LogP contribution in [0.4, 0.5) is 0 Å². The first-order valence-electron chi connectivity index (χ1n) is 8.42. The fourth-order valence-electron chi connectivity index (χ4n) is 3.47. The summed E-state index contributed by atoms with van der Waals surface area (Å²) >= 11 is 0. The number of hydrogen-bond donors (Lipinski definition) is 2. The molecule has 1 spiro atoms. The molecule has 2 fully saturated rings. The normalized spacial score (nSPS) is 24.6. The van der Waals surface area contributed by atoms with Gasteiger partial charge in [-0.2, -0.15) is 0 Å². The van der Waals surface area contributed by atoms with Gasteiger partial charge in [0.2, 0.25) is 0 Å². The lowest BCUT2D eigenvalue weighted by molar-refractivity contribution is -0.124. The van der Waals surface area contributed by atoms with E-state index in [-0.39, 0.29) is 5.91 Å². The van der Waals surface area contributed by atoms with Gasteiger partial charge >= 0.3 is 0 Å². The summed E-state index contributed by atoms with van der Waals surface area (Å²) in [5.74, 6) is 1.62. The molecule has 2 heterocycles. The molecule has 7 heteroatoms. The van der Waals surface area contributed by atoms with Gasteiger partial charge in [-0.15, -0.1) is 0 Å². The zero-order valence-electron chi connectivity index (χ0n) is 13.9. The maximum Gasteiger partial charge on any atom is 0.253 e. The van der Waals surface area contributed by atoms with E-state index in [0.29, 0.717) is 5.92 Å². The van der Waals surface area contributed by atoms with Gasteiger partial charge in [0.25, 0.3) is 5.91 Å². The summed E-state index contributed by atoms with van der Waals surface area (Å²) in [6.45, 7) is 5.55. The van der Waals surface area contributed by atoms with Gasteiger partial charge in [-0.1, -0.05) is 25.8 Å². The Morgan fingerprint density at radius 1 is 1.30 bits per heavy atom. The molecule has 0 aromatic carbocycles. The molecule has 23 heavy (non-hydrogen) atoms. The fourth-order valence-corrected chi connectivity index (χ4v) is 4.98. The monoisotopic (exact) mass is 356 g/mol. The zero-order valence-corrected chi connectivity index (χ0v) is 15.6. The number of carbonyl (C=O) groups excluding carboxylic acids is 1. The first-order chi connectivity index (χ1) is 11.2. The average molecular weight is 357 g/mol. The van der Waals surface area contributed by atoms with Crippen LogP contribution in [0.2, 0.25) is 0 Å². The van der Waals surface area contributed by atoms with Crippen LogP contribution in [-0.4, -0.2) is 41.7 Å². The molecule has 0 unspecified atom stereocenters. The predicted octanol–water partition coefficient (Wildman–Crippen LogP) is 2.94. The zero-order chi connectivity index (χ0) is 16.7. The van der Waals surface area contributed by atoms with Crippen molar-refractivity contribution in [3.05, 3.63) is 12.0 Å². The van der Waals surface area contributed by atoms with E-state index in [4.69, 9.17) is 4.99 Å². The number of nitrogens with one attached hydrogen (secondary N) is 1. The molecule has 1 aliphatic carbocycles. The molecule has 0 bridgehead atoms. The minimum Gasteiger partial charge on any atom is -0.333 e. The molecular formula is C16H28N4OS2. The lowest BCUT2D eigenvalue weighted by atomic mass is 9.88. The lowest BCUT2D eigenvalue weighted by Gasteiger charge is -2.34. The number of rotatable bonds is 4. The Bertz CT molecular complexity index is 441. The summed E-state index contributed by atoms with van der Waals surface area (Å²) in [7, 11) is 4.86. The molecule has 3 rings (SSSR count). The predicted molar refractivity (Wildman–Crippen MR) is 101 cm³/mol. The minimum atomic E-state index is -0.470. The second-order valence-corrected chi connectivity index (χ2v) is 8.30. The minimum absolute atomic E-state index is 0.143. The standard InChI is InChI=1S/C15H23N3OS2.CH5N/c1-2-20-21-18-10-8-15(9-11-18)14(19)16-13(17-15)12-6-4-3-5-7-12;1-2/h2,12H,1,3-11H2,(H,16,17,19);2H2,1H3. The number of nitrogens with two attached hydrogens (primary N) is 1. The van der Waals surface area contributed by atoms with Crippen molar-refractivity contribution in [1.29, 1.82) is 0 Å². The van der Waals surface area contributed by atoms with E-state index in [0.717, 1.165) is 31.8 Å². The van der Waals surface area contributed by atoms with E-state index in [1.807, 2.05) is 5.41 Å². The van der Waals surface area contributed by atoms with Crippen LogP contribution in [0.1, 0.15) is 44.9 Å². The highest BCUT2D eigenvalue weighted by Gasteiger charge is 2.46. The third-order valence-corrected chi connectivity index (χ3v) is 6.85. The maximum atomic E-state index is 12.5. The van der Waals surface area contributed by atoms with Crippen molar-refractivity contribution in [2.45, 2.75) is 50.5 Å². The van der Waals surface area contributed by atoms with Crippen LogP contribution < -0.4 is 11.1 Å². The highest BCUT2D eigenvalue weighted by atomic mass is 33.1. The lowest BCUT2D eigenvalue weighted by Crippen LogP contribution is -2.47. The van der Waals surface area contributed by atoms with Crippen LogP contribution in [-0.2, 0) is 4.79 Å². The van der Waals surface area contributed by atoms with E-state index in [9.17, 15) is 4.79 Å². The average Bonchev–Trinajstić information content (AvgIpc) is 2.94. The Hall–Kier alpha value is -0.500. The molecule has 1 saturated heterocycles. The molecular weight excluding hydrogens is 328 g/mol. The van der Waals surface area contributed by atoms with E-state index in [2.05, 4.69) is 21.9 Å². The summed E-state index contributed by atoms with van der Waals surface area (Å²) in [4.78, 5) is 17.3. The summed E-state index contributed by atoms with van der Waals surface area (Å²) in [6, 6.07) is 0. The van der Waals surface area contributed by atoms with Crippen LogP contribution in [0.25, 0.3) is 0 Å². The third-order valence-electron chi connectivity index (χ3n) is 4.76. The van der Waals surface area contributed by atoms with Crippen molar-refractivity contribution >= 4 is 33.5 Å². The van der Waals surface area contributed by atoms with Gasteiger partial charge in [0.05, 0.1) is 0 Å². The highest BCUT2D eigenvalue weighted by Crippen LogP contribution is 2.37. The second-order valence-electron chi connectivity index (χ2n) is 6.08. The van der Waals surface area contributed by atoms with E-state index < -0.39 is 5.54 Å². The van der Waals surface area contributed by atoms with Crippen molar-refractivity contribution < 1.29 is 4.79 Å². The molecule has 0 atom stereocenters. The first kappa shape index (κ1) is 18.8. The van der Waals surface area contributed by atoms with Crippen molar-refractivity contribution in [2.24, 2.45) is 16.6 Å². The molecule has 0 aromatic heterocycles. The Labute approximate surface area is 147 Å². The van der Waals surface area contributed by atoms with Gasteiger partial charge in [0.15, 0.2) is 0 Å². The second kappa shape index (κ2) is 9.11. The van der Waals surface area contributed by atoms with Crippen molar-refractivity contribution in [3.63, 3.8) is 0 Å². The van der Waals surface area contributed by atoms with Crippen LogP contribution >= 0.6 is 21.8 Å². The SMILES string of the molecule is C=CSSN1CCC2(CC1)N=C(C1CCCCC1)NC2=O.CN. The highest BCUT2D eigenvalue weighted by molar-refractivity contribution is 8.76. The van der Waals surface area contributed by atoms with Gasteiger partial charge in [-0.25, -0.2) is 4.31 Å². The van der Waals surface area contributed by atoms with Crippen LogP contribution in [0.3, 0.4) is 0 Å². The summed E-state index contributed by atoms with van der Waals surface area (Å²) in [5.41, 5.74) is 4.03. The summed E-state index contributed by atoms with van der Waals surface area (Å²) in [6.07, 6.45) is 7.92. The van der Waals surface area contributed by atoms with Crippen molar-refractivity contribution in [3.8, 4) is 0 Å². The molecule has 5 nitrogen and oxygen atoms in total. The van der Waals surface area contributed by atoms with Gasteiger partial charge in [-0.3, -0.25) is 9.79 Å². The van der Waals surface area contributed by atoms with Gasteiger partial charge in [0.1, 0.15) is 11.4 Å². The number of hydrogen-bond acceptors (Lipinski definition) is 6. The molecule has 3 aliphatic rings. The smallest absolute Gasteiger partial charge is 0.253 e. The molecule has 3 N–H and O–H groups in total. The number of carbonyl (C=O) groups is 1. The van der Waals surface area contributed by atoms with Gasteiger partial charge < -0.3 is 11.1 Å². The molecule has 0 aromatic rings. The van der Waals surface area contributed by atoms with E-state index in [1.165, 1.54) is 39.2 Å². The fraction of sp³-hybridized carbons (Fsp3) is 0.750. The van der Waals surface area contributed by atoms with E-state index in [1.54, 1.807) is 21.8 Å². The molecule has 2 aliphatic heterocycles. The van der Waals surface area contributed by atoms with Crippen molar-refractivity contribution in [1.82, 2.24) is 9.62 Å². The van der Waals surface area contributed by atoms with Crippen LogP contribution in [0, 0.1) is 5.92 Å². The van der Waals surface area contributed by atoms with Gasteiger partial charge in [0, 0.05) is 19.0 Å². The Balaban J connectivity index is 0.000000924. The number of aliphatic imine (C=N–C) groups is 1. The van der Waals surface area contributed by atoms with Crippen molar-refractivity contribution in [2.75, 3.05) is 20.1 Å². The third kappa shape index (κ3) is 4.53. The van der Waals surface area contributed by atoms with Gasteiger partial charge in [-0.05, 0) is 59.9 Å². The Kier molecular flexibility index (Phi) is 7.46. The molecule has 0 radical (unpaired) electrons. The number of nitrogens with zero attached hydrogens (tertiary/aromatic N) is 2. The van der Waals surface area contributed by atoms with Crippen LogP contribution in [0.5, 0.6) is 0 Å². The number of piperidine rings is 1. The molecule has 1 amide bonds. The largest absolute Gasteiger partial charge is 0.333 e. The van der Waals surface area contributed by atoms with E-state index >= 15 is 0 Å². The topological polar surface area (TPSA) is 70.7 Å². The Morgan fingerprint density at radius 3 is 2.57 bits per heavy atom. The quantitative estimate of drug-likeness (QED) is 0.599. The Morgan fingerprint density at radius 2 is 1.96 bits per heavy atom.